The number of amides is 1. The largest absolute Gasteiger partial charge is 0.342 e. The van der Waals surface area contributed by atoms with Crippen molar-refractivity contribution in [2.24, 2.45) is 11.8 Å². The number of likely N-dealkylation sites (tertiary alicyclic amines) is 2. The van der Waals surface area contributed by atoms with Gasteiger partial charge in [-0.05, 0) is 44.7 Å². The zero-order valence-corrected chi connectivity index (χ0v) is 11.3. The number of carbonyl (C=O) groups excluding carboxylic acids is 1. The lowest BCUT2D eigenvalue weighted by Crippen LogP contribution is -2.42. The number of rotatable bonds is 3. The molecular formula is C14H26N2O. The summed E-state index contributed by atoms with van der Waals surface area (Å²) in [5.41, 5.74) is 0. The highest BCUT2D eigenvalue weighted by molar-refractivity contribution is 5.79. The molecule has 0 aromatic rings. The predicted octanol–water partition coefficient (Wildman–Crippen LogP) is 1.98. The van der Waals surface area contributed by atoms with Crippen LogP contribution in [0.1, 0.15) is 39.5 Å². The third kappa shape index (κ3) is 3.44. The highest BCUT2D eigenvalue weighted by Gasteiger charge is 2.29. The van der Waals surface area contributed by atoms with Gasteiger partial charge in [-0.15, -0.1) is 0 Å². The van der Waals surface area contributed by atoms with E-state index < -0.39 is 0 Å². The second-order valence-corrected chi connectivity index (χ2v) is 6.00. The lowest BCUT2D eigenvalue weighted by atomic mass is 9.95. The van der Waals surface area contributed by atoms with Crippen molar-refractivity contribution >= 4 is 5.91 Å². The highest BCUT2D eigenvalue weighted by atomic mass is 16.2. The zero-order chi connectivity index (χ0) is 12.3. The lowest BCUT2D eigenvalue weighted by Gasteiger charge is -2.33. The maximum Gasteiger partial charge on any atom is 0.225 e. The fourth-order valence-electron chi connectivity index (χ4n) is 3.07. The molecule has 0 bridgehead atoms. The van der Waals surface area contributed by atoms with Crippen LogP contribution >= 0.6 is 0 Å². The van der Waals surface area contributed by atoms with E-state index in [1.54, 1.807) is 0 Å². The molecule has 2 rings (SSSR count). The van der Waals surface area contributed by atoms with Crippen molar-refractivity contribution in [3.8, 4) is 0 Å². The first-order chi connectivity index (χ1) is 8.16. The van der Waals surface area contributed by atoms with E-state index in [2.05, 4.69) is 23.6 Å². The van der Waals surface area contributed by atoms with Gasteiger partial charge < -0.3 is 9.80 Å². The van der Waals surface area contributed by atoms with Crippen LogP contribution in [0.2, 0.25) is 0 Å². The van der Waals surface area contributed by atoms with Crippen LogP contribution in [0.3, 0.4) is 0 Å². The summed E-state index contributed by atoms with van der Waals surface area (Å²) < 4.78 is 0. The van der Waals surface area contributed by atoms with E-state index in [0.29, 0.717) is 11.8 Å². The van der Waals surface area contributed by atoms with Gasteiger partial charge in [0, 0.05) is 25.6 Å². The standard InChI is InChI=1S/C14H26N2O/c1-12(2)11-15-9-5-13(6-10-15)14(17)16-7-3-4-8-16/h12-13H,3-11H2,1-2H3. The van der Waals surface area contributed by atoms with Gasteiger partial charge in [-0.3, -0.25) is 4.79 Å². The van der Waals surface area contributed by atoms with Gasteiger partial charge in [0.1, 0.15) is 0 Å². The SMILES string of the molecule is CC(C)CN1CCC(C(=O)N2CCCC2)CC1. The number of hydrogen-bond donors (Lipinski definition) is 0. The molecule has 98 valence electrons. The Morgan fingerprint density at radius 1 is 1.12 bits per heavy atom. The molecule has 0 aromatic heterocycles. The van der Waals surface area contributed by atoms with Gasteiger partial charge >= 0.3 is 0 Å². The third-order valence-corrected chi connectivity index (χ3v) is 3.98. The monoisotopic (exact) mass is 238 g/mol. The smallest absolute Gasteiger partial charge is 0.225 e. The van der Waals surface area contributed by atoms with E-state index in [0.717, 1.165) is 44.9 Å². The minimum Gasteiger partial charge on any atom is -0.342 e. The highest BCUT2D eigenvalue weighted by Crippen LogP contribution is 2.22. The van der Waals surface area contributed by atoms with Crippen LogP contribution in [0.25, 0.3) is 0 Å². The molecule has 0 N–H and O–H groups in total. The van der Waals surface area contributed by atoms with Gasteiger partial charge in [-0.2, -0.15) is 0 Å². The molecule has 2 fully saturated rings. The van der Waals surface area contributed by atoms with Crippen molar-refractivity contribution in [2.45, 2.75) is 39.5 Å². The van der Waals surface area contributed by atoms with Crippen LogP contribution in [0.4, 0.5) is 0 Å². The summed E-state index contributed by atoms with van der Waals surface area (Å²) >= 11 is 0. The molecule has 0 saturated carbocycles. The fourth-order valence-corrected chi connectivity index (χ4v) is 3.07. The molecule has 2 aliphatic rings. The van der Waals surface area contributed by atoms with Gasteiger partial charge in [0.05, 0.1) is 0 Å². The molecular weight excluding hydrogens is 212 g/mol. The van der Waals surface area contributed by atoms with Crippen molar-refractivity contribution in [3.63, 3.8) is 0 Å². The van der Waals surface area contributed by atoms with Crippen LogP contribution in [0.5, 0.6) is 0 Å². The summed E-state index contributed by atoms with van der Waals surface area (Å²) in [5.74, 6) is 1.49. The first-order valence-corrected chi connectivity index (χ1v) is 7.18. The second-order valence-electron chi connectivity index (χ2n) is 6.00. The lowest BCUT2D eigenvalue weighted by molar-refractivity contribution is -0.136. The van der Waals surface area contributed by atoms with Crippen molar-refractivity contribution in [2.75, 3.05) is 32.7 Å². The molecule has 0 radical (unpaired) electrons. The van der Waals surface area contributed by atoms with Gasteiger partial charge in [-0.25, -0.2) is 0 Å². The molecule has 3 heteroatoms. The molecule has 2 saturated heterocycles. The average Bonchev–Trinajstić information content (AvgIpc) is 2.82. The van der Waals surface area contributed by atoms with Crippen molar-refractivity contribution in [1.29, 1.82) is 0 Å². The van der Waals surface area contributed by atoms with Gasteiger partial charge in [0.2, 0.25) is 5.91 Å². The van der Waals surface area contributed by atoms with Crippen molar-refractivity contribution in [3.05, 3.63) is 0 Å². The second kappa shape index (κ2) is 5.85. The summed E-state index contributed by atoms with van der Waals surface area (Å²) in [7, 11) is 0. The quantitative estimate of drug-likeness (QED) is 0.750. The minimum atomic E-state index is 0.316. The minimum absolute atomic E-state index is 0.316. The Morgan fingerprint density at radius 3 is 2.24 bits per heavy atom. The van der Waals surface area contributed by atoms with Gasteiger partial charge in [-0.1, -0.05) is 13.8 Å². The normalized spacial score (nSPS) is 23.6. The molecule has 0 aliphatic carbocycles. The molecule has 1 amide bonds. The number of hydrogen-bond acceptors (Lipinski definition) is 2. The van der Waals surface area contributed by atoms with Gasteiger partial charge in [0.25, 0.3) is 0 Å². The average molecular weight is 238 g/mol. The van der Waals surface area contributed by atoms with Crippen molar-refractivity contribution in [1.82, 2.24) is 9.80 Å². The Hall–Kier alpha value is -0.570. The predicted molar refractivity (Wildman–Crippen MR) is 69.8 cm³/mol. The third-order valence-electron chi connectivity index (χ3n) is 3.98. The summed E-state index contributed by atoms with van der Waals surface area (Å²) in [5, 5.41) is 0. The topological polar surface area (TPSA) is 23.6 Å². The molecule has 17 heavy (non-hydrogen) atoms. The van der Waals surface area contributed by atoms with Crippen molar-refractivity contribution < 1.29 is 4.79 Å². The summed E-state index contributed by atoms with van der Waals surface area (Å²) in [6.07, 6.45) is 4.56. The fraction of sp³-hybridized carbons (Fsp3) is 0.929. The molecule has 0 spiro atoms. The van der Waals surface area contributed by atoms with E-state index >= 15 is 0 Å². The molecule has 2 heterocycles. The Morgan fingerprint density at radius 2 is 1.71 bits per heavy atom. The maximum absolute atomic E-state index is 12.2. The van der Waals surface area contributed by atoms with E-state index in [-0.39, 0.29) is 0 Å². The summed E-state index contributed by atoms with van der Waals surface area (Å²) in [4.78, 5) is 16.8. The summed E-state index contributed by atoms with van der Waals surface area (Å²) in [6.45, 7) is 9.95. The van der Waals surface area contributed by atoms with E-state index in [9.17, 15) is 4.79 Å². The molecule has 0 unspecified atom stereocenters. The molecule has 0 atom stereocenters. The Kier molecular flexibility index (Phi) is 4.43. The van der Waals surface area contributed by atoms with Crippen LogP contribution in [0.15, 0.2) is 0 Å². The van der Waals surface area contributed by atoms with Crippen LogP contribution in [0, 0.1) is 11.8 Å². The Labute approximate surface area is 105 Å². The maximum atomic E-state index is 12.2. The first kappa shape index (κ1) is 12.9. The summed E-state index contributed by atoms with van der Waals surface area (Å²) in [6, 6.07) is 0. The Bertz CT molecular complexity index is 251. The van der Waals surface area contributed by atoms with Crippen LogP contribution < -0.4 is 0 Å². The molecule has 2 aliphatic heterocycles. The van der Waals surface area contributed by atoms with Crippen LogP contribution in [-0.2, 0) is 4.79 Å². The van der Waals surface area contributed by atoms with E-state index in [1.807, 2.05) is 0 Å². The zero-order valence-electron chi connectivity index (χ0n) is 11.3. The van der Waals surface area contributed by atoms with E-state index in [1.165, 1.54) is 19.4 Å². The van der Waals surface area contributed by atoms with E-state index in [4.69, 9.17) is 0 Å². The number of carbonyl (C=O) groups is 1. The number of piperidine rings is 1. The number of nitrogens with zero attached hydrogens (tertiary/aromatic N) is 2. The Balaban J connectivity index is 1.76. The molecule has 3 nitrogen and oxygen atoms in total. The van der Waals surface area contributed by atoms with Crippen LogP contribution in [-0.4, -0.2) is 48.4 Å². The first-order valence-electron chi connectivity index (χ1n) is 7.18. The van der Waals surface area contributed by atoms with Gasteiger partial charge in [0.15, 0.2) is 0 Å². The molecule has 0 aromatic carbocycles.